The molecule has 4 fully saturated rings. The fraction of sp³-hybridized carbons (Fsp3) is 0.758. The van der Waals surface area contributed by atoms with Crippen molar-refractivity contribution in [1.82, 2.24) is 4.72 Å². The highest BCUT2D eigenvalue weighted by atomic mass is 32.2. The Labute approximate surface area is 245 Å². The number of ketones is 2. The number of allylic oxidation sites excluding steroid dienone is 4. The largest absolute Gasteiger partial charge is 0.295 e. The van der Waals surface area contributed by atoms with E-state index in [1.807, 2.05) is 12.2 Å². The molecule has 222 valence electrons. The molecule has 6 rings (SSSR count). The lowest BCUT2D eigenvalue weighted by atomic mass is 9.35. The van der Waals surface area contributed by atoms with Crippen LogP contribution in [0, 0.1) is 56.2 Å². The van der Waals surface area contributed by atoms with Gasteiger partial charge in [-0.15, -0.1) is 0 Å². The molecular formula is C33H45N3O4S. The predicted octanol–water partition coefficient (Wildman–Crippen LogP) is 5.68. The second-order valence-corrected chi connectivity index (χ2v) is 17.6. The predicted molar refractivity (Wildman–Crippen MR) is 158 cm³/mol. The monoisotopic (exact) mass is 579 g/mol. The Morgan fingerprint density at radius 3 is 2.29 bits per heavy atom. The molecule has 4 saturated carbocycles. The van der Waals surface area contributed by atoms with Gasteiger partial charge in [-0.25, -0.2) is 8.42 Å². The first-order valence-electron chi connectivity index (χ1n) is 15.4. The van der Waals surface area contributed by atoms with Crippen LogP contribution in [0.5, 0.6) is 0 Å². The van der Waals surface area contributed by atoms with Crippen molar-refractivity contribution in [2.75, 3.05) is 6.26 Å². The van der Waals surface area contributed by atoms with Crippen molar-refractivity contribution in [2.24, 2.45) is 49.8 Å². The number of nitriles is 1. The average Bonchev–Trinajstić information content (AvgIpc) is 3.64. The zero-order valence-electron chi connectivity index (χ0n) is 25.7. The van der Waals surface area contributed by atoms with Gasteiger partial charge in [-0.3, -0.25) is 19.3 Å². The first-order chi connectivity index (χ1) is 18.9. The van der Waals surface area contributed by atoms with E-state index in [-0.39, 0.29) is 51.1 Å². The van der Waals surface area contributed by atoms with Crippen LogP contribution in [0.2, 0.25) is 0 Å². The molecule has 0 heterocycles. The van der Waals surface area contributed by atoms with Crippen LogP contribution in [0.1, 0.15) is 99.3 Å². The smallest absolute Gasteiger partial charge is 0.230 e. The Balaban J connectivity index is 1.49. The molecular weight excluding hydrogens is 534 g/mol. The van der Waals surface area contributed by atoms with E-state index in [2.05, 4.69) is 45.4 Å². The molecule has 1 N–H and O–H groups in total. The van der Waals surface area contributed by atoms with Gasteiger partial charge in [-0.2, -0.15) is 5.26 Å². The number of sulfonamides is 1. The summed E-state index contributed by atoms with van der Waals surface area (Å²) < 4.78 is 26.7. The van der Waals surface area contributed by atoms with Gasteiger partial charge in [-0.1, -0.05) is 46.3 Å². The van der Waals surface area contributed by atoms with Crippen LogP contribution in [-0.2, 0) is 19.6 Å². The van der Waals surface area contributed by atoms with Crippen molar-refractivity contribution in [1.29, 1.82) is 5.26 Å². The van der Waals surface area contributed by atoms with E-state index in [0.717, 1.165) is 69.6 Å². The Bertz CT molecular complexity index is 1490. The maximum absolute atomic E-state index is 14.6. The van der Waals surface area contributed by atoms with Crippen molar-refractivity contribution in [2.45, 2.75) is 105 Å². The molecule has 0 aromatic heterocycles. The molecule has 0 amide bonds. The molecule has 0 radical (unpaired) electrons. The molecule has 1 spiro atoms. The highest BCUT2D eigenvalue weighted by Gasteiger charge is 2.72. The summed E-state index contributed by atoms with van der Waals surface area (Å²) in [6, 6.07) is 2.21. The van der Waals surface area contributed by atoms with Crippen molar-refractivity contribution < 1.29 is 18.0 Å². The number of fused-ring (bicyclic) bond motifs is 8. The van der Waals surface area contributed by atoms with Gasteiger partial charge in [0.25, 0.3) is 0 Å². The van der Waals surface area contributed by atoms with Gasteiger partial charge in [-0.05, 0) is 98.9 Å². The minimum atomic E-state index is -3.45. The zero-order valence-corrected chi connectivity index (χ0v) is 26.5. The van der Waals surface area contributed by atoms with Crippen molar-refractivity contribution in [3.05, 3.63) is 23.3 Å². The first-order valence-corrected chi connectivity index (χ1v) is 17.2. The molecule has 6 aliphatic rings. The molecule has 0 aromatic rings. The SMILES string of the molecule is CC(=N[C@]12CCC(C)(C)C[C@H]1[C@H]1C(=O)C=C3[C@@]4(C)C=C(C#N)C(=O)C5(CC5)[C@@H]4CC[C@@]3(C)[C@]1(C)CC2)NS(C)(=O)=O. The van der Waals surface area contributed by atoms with Crippen LogP contribution in [0.3, 0.4) is 0 Å². The molecule has 0 bridgehead atoms. The van der Waals surface area contributed by atoms with Crippen LogP contribution in [-0.4, -0.2) is 37.6 Å². The van der Waals surface area contributed by atoms with Crippen LogP contribution >= 0.6 is 0 Å². The lowest BCUT2D eigenvalue weighted by Gasteiger charge is -2.68. The number of nitrogens with zero attached hydrogens (tertiary/aromatic N) is 2. The number of hydrogen-bond donors (Lipinski definition) is 1. The standard InChI is InChI=1S/C33H45N3O4S/c1-20(36-41(7,39)40)35-33-14-10-28(2,3)18-22(33)26-23(37)16-25-29(4)17-21(19-34)27(38)32(12-13-32)24(29)8-9-30(25,5)31(26,6)11-15-33/h16-17,22,24,26H,8-15,18H2,1-7H3,(H,35,36)/t22-,24+,26-,29-,30+,31+,33-/m0/s1. The van der Waals surface area contributed by atoms with Crippen molar-refractivity contribution in [3.63, 3.8) is 0 Å². The molecule has 7 atom stereocenters. The highest BCUT2D eigenvalue weighted by molar-refractivity contribution is 7.89. The Hall–Kier alpha value is -2.27. The lowest BCUT2D eigenvalue weighted by Crippen LogP contribution is -2.65. The number of carbonyl (C=O) groups is 2. The Morgan fingerprint density at radius 2 is 1.68 bits per heavy atom. The molecule has 6 aliphatic carbocycles. The quantitative estimate of drug-likeness (QED) is 0.334. The summed E-state index contributed by atoms with van der Waals surface area (Å²) in [4.78, 5) is 33.0. The van der Waals surface area contributed by atoms with Crippen LogP contribution in [0.25, 0.3) is 0 Å². The zero-order chi connectivity index (χ0) is 30.0. The third-order valence-corrected chi connectivity index (χ3v) is 13.7. The summed E-state index contributed by atoms with van der Waals surface area (Å²) in [6.07, 6.45) is 12.8. The number of nitrogens with one attached hydrogen (secondary N) is 1. The number of amidine groups is 1. The van der Waals surface area contributed by atoms with Gasteiger partial charge in [0.2, 0.25) is 10.0 Å². The molecule has 0 aromatic carbocycles. The topological polar surface area (TPSA) is 116 Å². The minimum absolute atomic E-state index is 0.00174. The van der Waals surface area contributed by atoms with E-state index in [0.29, 0.717) is 5.84 Å². The number of hydrogen-bond acceptors (Lipinski definition) is 6. The Kier molecular flexibility index (Phi) is 5.92. The lowest BCUT2D eigenvalue weighted by molar-refractivity contribution is -0.156. The maximum atomic E-state index is 14.6. The molecule has 0 saturated heterocycles. The molecule has 0 aliphatic heterocycles. The van der Waals surface area contributed by atoms with Crippen LogP contribution < -0.4 is 4.72 Å². The summed E-state index contributed by atoms with van der Waals surface area (Å²) in [7, 11) is -3.45. The minimum Gasteiger partial charge on any atom is -0.295 e. The number of carbonyl (C=O) groups excluding carboxylic acids is 2. The van der Waals surface area contributed by atoms with E-state index in [4.69, 9.17) is 4.99 Å². The van der Waals surface area contributed by atoms with Crippen molar-refractivity contribution in [3.8, 4) is 6.07 Å². The summed E-state index contributed by atoms with van der Waals surface area (Å²) in [6.45, 7) is 13.1. The second kappa shape index (κ2) is 8.42. The van der Waals surface area contributed by atoms with Gasteiger partial charge < -0.3 is 0 Å². The fourth-order valence-electron chi connectivity index (χ4n) is 10.8. The van der Waals surface area contributed by atoms with E-state index < -0.39 is 26.4 Å². The van der Waals surface area contributed by atoms with Crippen molar-refractivity contribution >= 4 is 27.4 Å². The number of Topliss-reactive ketones (excluding diaryl/α,β-unsaturated/α-hetero) is 1. The van der Waals surface area contributed by atoms with Gasteiger partial charge >= 0.3 is 0 Å². The van der Waals surface area contributed by atoms with E-state index in [9.17, 15) is 23.3 Å². The molecule has 0 unspecified atom stereocenters. The van der Waals surface area contributed by atoms with Gasteiger partial charge in [0.05, 0.1) is 17.4 Å². The normalized spacial score (nSPS) is 44.3. The first kappa shape index (κ1) is 28.8. The fourth-order valence-corrected chi connectivity index (χ4v) is 11.4. The molecule has 41 heavy (non-hydrogen) atoms. The van der Waals surface area contributed by atoms with E-state index in [1.54, 1.807) is 6.92 Å². The van der Waals surface area contributed by atoms with Gasteiger partial charge in [0.15, 0.2) is 11.6 Å². The molecule has 7 nitrogen and oxygen atoms in total. The second-order valence-electron chi connectivity index (χ2n) is 15.9. The van der Waals surface area contributed by atoms with Gasteiger partial charge in [0.1, 0.15) is 11.9 Å². The highest BCUT2D eigenvalue weighted by Crippen LogP contribution is 2.76. The third-order valence-electron chi connectivity index (χ3n) is 13.0. The van der Waals surface area contributed by atoms with Crippen LogP contribution in [0.4, 0.5) is 0 Å². The number of rotatable bonds is 2. The summed E-state index contributed by atoms with van der Waals surface area (Å²) >= 11 is 0. The number of aliphatic imine (C=N–C) groups is 1. The van der Waals surface area contributed by atoms with Gasteiger partial charge in [0, 0.05) is 16.7 Å². The molecule has 8 heteroatoms. The van der Waals surface area contributed by atoms with Crippen LogP contribution in [0.15, 0.2) is 28.3 Å². The average molecular weight is 580 g/mol. The third kappa shape index (κ3) is 3.86. The summed E-state index contributed by atoms with van der Waals surface area (Å²) in [5.74, 6) is 0.459. The van der Waals surface area contributed by atoms with E-state index >= 15 is 0 Å². The summed E-state index contributed by atoms with van der Waals surface area (Å²) in [5, 5.41) is 9.95. The summed E-state index contributed by atoms with van der Waals surface area (Å²) in [5.41, 5.74) is -0.544. The van der Waals surface area contributed by atoms with E-state index in [1.165, 1.54) is 0 Å². The Morgan fingerprint density at radius 1 is 1.02 bits per heavy atom. The maximum Gasteiger partial charge on any atom is 0.230 e.